The van der Waals surface area contributed by atoms with Gasteiger partial charge in [0, 0.05) is 47.5 Å². The van der Waals surface area contributed by atoms with Crippen molar-refractivity contribution in [3.63, 3.8) is 0 Å². The maximum absolute atomic E-state index is 13.9. The van der Waals surface area contributed by atoms with E-state index in [0.717, 1.165) is 16.3 Å². The molecule has 33 heavy (non-hydrogen) atoms. The second kappa shape index (κ2) is 10.7. The Morgan fingerprint density at radius 1 is 0.909 bits per heavy atom. The molecule has 0 aromatic heterocycles. The fourth-order valence-corrected chi connectivity index (χ4v) is 4.43. The quantitative estimate of drug-likeness (QED) is 0.491. The van der Waals surface area contributed by atoms with Crippen LogP contribution >= 0.6 is 23.4 Å². The van der Waals surface area contributed by atoms with Crippen molar-refractivity contribution < 1.29 is 14.0 Å². The molecule has 1 fully saturated rings. The minimum absolute atomic E-state index is 0.0806. The number of hydrogen-bond donors (Lipinski definition) is 1. The average molecular weight is 484 g/mol. The summed E-state index contributed by atoms with van der Waals surface area (Å²) in [5.74, 6) is -0.541. The summed E-state index contributed by atoms with van der Waals surface area (Å²) in [5, 5.41) is 3.57. The van der Waals surface area contributed by atoms with E-state index in [4.69, 9.17) is 11.6 Å². The number of rotatable bonds is 6. The Morgan fingerprint density at radius 2 is 1.58 bits per heavy atom. The molecule has 1 heterocycles. The normalized spacial score (nSPS) is 13.6. The molecule has 170 valence electrons. The molecule has 0 bridgehead atoms. The lowest BCUT2D eigenvalue weighted by molar-refractivity contribution is -0.113. The van der Waals surface area contributed by atoms with Gasteiger partial charge in [0.05, 0.1) is 11.3 Å². The summed E-state index contributed by atoms with van der Waals surface area (Å²) in [6, 6.07) is 21.1. The molecule has 1 N–H and O–H groups in total. The Morgan fingerprint density at radius 3 is 2.24 bits per heavy atom. The Balaban J connectivity index is 1.26. The molecule has 0 radical (unpaired) electrons. The summed E-state index contributed by atoms with van der Waals surface area (Å²) in [4.78, 5) is 29.7. The fourth-order valence-electron chi connectivity index (χ4n) is 3.61. The van der Waals surface area contributed by atoms with Crippen LogP contribution in [0.5, 0.6) is 0 Å². The number of benzene rings is 3. The molecular formula is C25H23ClFN3O2S. The molecule has 3 aromatic carbocycles. The van der Waals surface area contributed by atoms with Gasteiger partial charge in [0.2, 0.25) is 5.91 Å². The first kappa shape index (κ1) is 23.1. The summed E-state index contributed by atoms with van der Waals surface area (Å²) < 4.78 is 13.9. The lowest BCUT2D eigenvalue weighted by Gasteiger charge is -2.36. The minimum atomic E-state index is -0.492. The molecular weight excluding hydrogens is 461 g/mol. The van der Waals surface area contributed by atoms with E-state index < -0.39 is 5.82 Å². The number of anilines is 2. The molecule has 0 spiro atoms. The number of nitrogens with one attached hydrogen (secondary N) is 1. The summed E-state index contributed by atoms with van der Waals surface area (Å²) >= 11 is 7.33. The van der Waals surface area contributed by atoms with Crippen LogP contribution in [0.25, 0.3) is 0 Å². The van der Waals surface area contributed by atoms with Crippen LogP contribution in [0.2, 0.25) is 5.02 Å². The van der Waals surface area contributed by atoms with Crippen LogP contribution in [-0.4, -0.2) is 48.6 Å². The maximum atomic E-state index is 13.9. The van der Waals surface area contributed by atoms with Crippen molar-refractivity contribution in [2.45, 2.75) is 4.90 Å². The monoisotopic (exact) mass is 483 g/mol. The molecule has 0 atom stereocenters. The van der Waals surface area contributed by atoms with Crippen molar-refractivity contribution in [1.29, 1.82) is 0 Å². The maximum Gasteiger partial charge on any atom is 0.256 e. The molecule has 4 rings (SSSR count). The first-order chi connectivity index (χ1) is 16.0. The van der Waals surface area contributed by atoms with E-state index in [9.17, 15) is 14.0 Å². The van der Waals surface area contributed by atoms with E-state index >= 15 is 0 Å². The molecule has 0 unspecified atom stereocenters. The first-order valence-electron chi connectivity index (χ1n) is 10.6. The summed E-state index contributed by atoms with van der Waals surface area (Å²) in [6.07, 6.45) is 0. The highest BCUT2D eigenvalue weighted by Crippen LogP contribution is 2.23. The molecule has 1 saturated heterocycles. The smallest absolute Gasteiger partial charge is 0.256 e. The van der Waals surface area contributed by atoms with Gasteiger partial charge in [-0.2, -0.15) is 0 Å². The van der Waals surface area contributed by atoms with Crippen LogP contribution in [0, 0.1) is 5.82 Å². The molecule has 1 aliphatic heterocycles. The van der Waals surface area contributed by atoms with Crippen molar-refractivity contribution in [3.8, 4) is 0 Å². The predicted molar refractivity (Wildman–Crippen MR) is 132 cm³/mol. The number of halogens is 2. The lowest BCUT2D eigenvalue weighted by atomic mass is 10.1. The Bertz CT molecular complexity index is 1120. The average Bonchev–Trinajstić information content (AvgIpc) is 2.84. The largest absolute Gasteiger partial charge is 0.368 e. The molecule has 0 aliphatic carbocycles. The van der Waals surface area contributed by atoms with Gasteiger partial charge in [0.1, 0.15) is 5.82 Å². The van der Waals surface area contributed by atoms with Gasteiger partial charge in [-0.1, -0.05) is 23.7 Å². The van der Waals surface area contributed by atoms with E-state index in [1.807, 2.05) is 36.4 Å². The first-order valence-corrected chi connectivity index (χ1v) is 11.9. The third-order valence-corrected chi connectivity index (χ3v) is 6.63. The van der Waals surface area contributed by atoms with Crippen molar-refractivity contribution in [3.05, 3.63) is 89.2 Å². The van der Waals surface area contributed by atoms with Crippen LogP contribution in [0.15, 0.2) is 77.7 Å². The fraction of sp³-hybridized carbons (Fsp3) is 0.200. The van der Waals surface area contributed by atoms with Crippen LogP contribution in [-0.2, 0) is 4.79 Å². The van der Waals surface area contributed by atoms with E-state index in [2.05, 4.69) is 10.2 Å². The number of amides is 2. The van der Waals surface area contributed by atoms with Gasteiger partial charge in [-0.15, -0.1) is 11.8 Å². The second-order valence-corrected chi connectivity index (χ2v) is 9.08. The summed E-state index contributed by atoms with van der Waals surface area (Å²) in [5.41, 5.74) is 1.86. The van der Waals surface area contributed by atoms with Crippen LogP contribution in [0.1, 0.15) is 10.4 Å². The van der Waals surface area contributed by atoms with E-state index in [0.29, 0.717) is 37.0 Å². The van der Waals surface area contributed by atoms with Crippen molar-refractivity contribution in [2.24, 2.45) is 0 Å². The lowest BCUT2D eigenvalue weighted by Crippen LogP contribution is -2.49. The SMILES string of the molecule is O=C(CSc1ccc(Cl)cc1)Nc1ccc(N2CCN(C(=O)c3ccccc3F)CC2)cc1. The summed E-state index contributed by atoms with van der Waals surface area (Å²) in [7, 11) is 0. The Hall–Kier alpha value is -3.03. The summed E-state index contributed by atoms with van der Waals surface area (Å²) in [6.45, 7) is 2.36. The topological polar surface area (TPSA) is 52.7 Å². The molecule has 8 heteroatoms. The van der Waals surface area contributed by atoms with Gasteiger partial charge in [-0.3, -0.25) is 9.59 Å². The highest BCUT2D eigenvalue weighted by atomic mass is 35.5. The van der Waals surface area contributed by atoms with Crippen LogP contribution in [0.3, 0.4) is 0 Å². The third-order valence-electron chi connectivity index (χ3n) is 5.37. The zero-order valence-electron chi connectivity index (χ0n) is 17.8. The van der Waals surface area contributed by atoms with Crippen molar-refractivity contribution in [2.75, 3.05) is 42.1 Å². The number of carbonyl (C=O) groups is 2. The standard InChI is InChI=1S/C25H23ClFN3O2S/c26-18-5-11-21(12-6-18)33-17-24(31)28-19-7-9-20(10-8-19)29-13-15-30(16-14-29)25(32)22-3-1-2-4-23(22)27/h1-12H,13-17H2,(H,28,31). The predicted octanol–water partition coefficient (Wildman–Crippen LogP) is 5.17. The van der Waals surface area contributed by atoms with Gasteiger partial charge in [0.15, 0.2) is 0 Å². The molecule has 2 amide bonds. The Kier molecular flexibility index (Phi) is 7.52. The number of nitrogens with zero attached hydrogens (tertiary/aromatic N) is 2. The van der Waals surface area contributed by atoms with Gasteiger partial charge in [0.25, 0.3) is 5.91 Å². The van der Waals surface area contributed by atoms with Crippen molar-refractivity contribution >= 4 is 46.6 Å². The zero-order valence-corrected chi connectivity index (χ0v) is 19.4. The molecule has 1 aliphatic rings. The van der Waals surface area contributed by atoms with Crippen molar-refractivity contribution in [1.82, 2.24) is 4.90 Å². The second-order valence-electron chi connectivity index (χ2n) is 7.60. The van der Waals surface area contributed by atoms with Crippen LogP contribution in [0.4, 0.5) is 15.8 Å². The van der Waals surface area contributed by atoms with Gasteiger partial charge < -0.3 is 15.1 Å². The molecule has 5 nitrogen and oxygen atoms in total. The van der Waals surface area contributed by atoms with E-state index in [-0.39, 0.29) is 17.4 Å². The number of thioether (sulfide) groups is 1. The third kappa shape index (κ3) is 6.06. The minimum Gasteiger partial charge on any atom is -0.368 e. The molecule has 3 aromatic rings. The number of carbonyl (C=O) groups excluding carboxylic acids is 2. The van der Waals surface area contributed by atoms with E-state index in [1.54, 1.807) is 29.2 Å². The van der Waals surface area contributed by atoms with E-state index in [1.165, 1.54) is 23.9 Å². The highest BCUT2D eigenvalue weighted by molar-refractivity contribution is 8.00. The highest BCUT2D eigenvalue weighted by Gasteiger charge is 2.24. The van der Waals surface area contributed by atoms with Crippen LogP contribution < -0.4 is 10.2 Å². The zero-order chi connectivity index (χ0) is 23.2. The number of hydrogen-bond acceptors (Lipinski definition) is 4. The molecule has 0 saturated carbocycles. The Labute approximate surface area is 201 Å². The van der Waals surface area contributed by atoms with Gasteiger partial charge >= 0.3 is 0 Å². The number of piperazine rings is 1. The van der Waals surface area contributed by atoms with Gasteiger partial charge in [-0.25, -0.2) is 4.39 Å². The van der Waals surface area contributed by atoms with Gasteiger partial charge in [-0.05, 0) is 60.7 Å².